The second-order valence-corrected chi connectivity index (χ2v) is 2.97. The molecule has 0 amide bonds. The smallest absolute Gasteiger partial charge is 0.257 e. The molecule has 3 nitrogen and oxygen atoms in total. The first kappa shape index (κ1) is 11.1. The van der Waals surface area contributed by atoms with E-state index in [1.165, 1.54) is 10.9 Å². The van der Waals surface area contributed by atoms with Crippen molar-refractivity contribution in [1.82, 2.24) is 9.78 Å². The minimum absolute atomic E-state index is 0.353. The molecule has 0 unspecified atom stereocenters. The van der Waals surface area contributed by atoms with Gasteiger partial charge in [0.1, 0.15) is 6.54 Å². The Morgan fingerprint density at radius 3 is 3.00 bits per heavy atom. The fraction of sp³-hybridized carbons (Fsp3) is 0.667. The Morgan fingerprint density at radius 2 is 2.36 bits per heavy atom. The van der Waals surface area contributed by atoms with E-state index in [2.05, 4.69) is 5.10 Å². The molecule has 0 saturated heterocycles. The van der Waals surface area contributed by atoms with E-state index in [1.54, 1.807) is 6.07 Å². The summed E-state index contributed by atoms with van der Waals surface area (Å²) in [4.78, 5) is 0. The molecule has 0 bridgehead atoms. The zero-order valence-corrected chi connectivity index (χ0v) is 8.12. The average molecular weight is 204 g/mol. The van der Waals surface area contributed by atoms with Gasteiger partial charge in [-0.15, -0.1) is 0 Å². The van der Waals surface area contributed by atoms with Crippen LogP contribution in [0.4, 0.5) is 8.78 Å². The normalized spacial score (nSPS) is 11.1. The monoisotopic (exact) mass is 204 g/mol. The third kappa shape index (κ3) is 3.83. The SMILES string of the molecule is CCCOCc1ccn(CC(F)F)n1. The van der Waals surface area contributed by atoms with Crippen molar-refractivity contribution in [2.75, 3.05) is 6.61 Å². The molecule has 0 atom stereocenters. The summed E-state index contributed by atoms with van der Waals surface area (Å²) in [6.07, 6.45) is 0.119. The lowest BCUT2D eigenvalue weighted by Gasteiger charge is -2.00. The molecule has 0 spiro atoms. The van der Waals surface area contributed by atoms with Gasteiger partial charge in [-0.1, -0.05) is 6.92 Å². The summed E-state index contributed by atoms with van der Waals surface area (Å²) in [5.41, 5.74) is 0.694. The standard InChI is InChI=1S/C9H14F2N2O/c1-2-5-14-7-8-3-4-13(12-8)6-9(10)11/h3-4,9H,2,5-7H2,1H3. The predicted molar refractivity (Wildman–Crippen MR) is 48.2 cm³/mol. The number of hydrogen-bond donors (Lipinski definition) is 0. The molecule has 14 heavy (non-hydrogen) atoms. The van der Waals surface area contributed by atoms with Crippen molar-refractivity contribution in [3.05, 3.63) is 18.0 Å². The first-order chi connectivity index (χ1) is 6.72. The molecule has 0 saturated carbocycles. The molecule has 1 aromatic heterocycles. The van der Waals surface area contributed by atoms with Crippen molar-refractivity contribution >= 4 is 0 Å². The van der Waals surface area contributed by atoms with E-state index in [1.807, 2.05) is 6.92 Å². The highest BCUT2D eigenvalue weighted by Gasteiger charge is 2.05. The van der Waals surface area contributed by atoms with Gasteiger partial charge in [-0.3, -0.25) is 4.68 Å². The van der Waals surface area contributed by atoms with Gasteiger partial charge < -0.3 is 4.74 Å². The summed E-state index contributed by atoms with van der Waals surface area (Å²) >= 11 is 0. The number of nitrogens with zero attached hydrogens (tertiary/aromatic N) is 2. The summed E-state index contributed by atoms with van der Waals surface area (Å²) in [5.74, 6) is 0. The van der Waals surface area contributed by atoms with Crippen LogP contribution in [0.15, 0.2) is 12.3 Å². The van der Waals surface area contributed by atoms with Crippen LogP contribution in [-0.4, -0.2) is 22.8 Å². The van der Waals surface area contributed by atoms with Crippen molar-refractivity contribution in [2.45, 2.75) is 32.9 Å². The molecule has 0 N–H and O–H groups in total. The van der Waals surface area contributed by atoms with Crippen molar-refractivity contribution in [1.29, 1.82) is 0 Å². The van der Waals surface area contributed by atoms with Gasteiger partial charge in [0.25, 0.3) is 6.43 Å². The maximum Gasteiger partial charge on any atom is 0.257 e. The topological polar surface area (TPSA) is 27.1 Å². The third-order valence-corrected chi connectivity index (χ3v) is 1.62. The van der Waals surface area contributed by atoms with Crippen molar-refractivity contribution in [3.8, 4) is 0 Å². The molecule has 1 heterocycles. The Kier molecular flexibility index (Phi) is 4.52. The van der Waals surface area contributed by atoms with Gasteiger partial charge in [0, 0.05) is 12.8 Å². The number of hydrogen-bond acceptors (Lipinski definition) is 2. The number of rotatable bonds is 6. The van der Waals surface area contributed by atoms with E-state index in [0.29, 0.717) is 18.9 Å². The third-order valence-electron chi connectivity index (χ3n) is 1.62. The van der Waals surface area contributed by atoms with Crippen molar-refractivity contribution in [3.63, 3.8) is 0 Å². The summed E-state index contributed by atoms with van der Waals surface area (Å²) < 4.78 is 30.3. The van der Waals surface area contributed by atoms with E-state index < -0.39 is 6.43 Å². The lowest BCUT2D eigenvalue weighted by atomic mass is 10.4. The average Bonchev–Trinajstić information content (AvgIpc) is 2.52. The molecule has 80 valence electrons. The fourth-order valence-electron chi connectivity index (χ4n) is 1.04. The van der Waals surface area contributed by atoms with E-state index in [0.717, 1.165) is 6.42 Å². The zero-order chi connectivity index (χ0) is 10.4. The highest BCUT2D eigenvalue weighted by molar-refractivity contribution is 4.96. The van der Waals surface area contributed by atoms with Crippen LogP contribution in [0, 0.1) is 0 Å². The first-order valence-electron chi connectivity index (χ1n) is 4.60. The van der Waals surface area contributed by atoms with Gasteiger partial charge in [0.05, 0.1) is 12.3 Å². The van der Waals surface area contributed by atoms with E-state index in [4.69, 9.17) is 4.74 Å². The van der Waals surface area contributed by atoms with Crippen LogP contribution in [0.25, 0.3) is 0 Å². The second kappa shape index (κ2) is 5.70. The van der Waals surface area contributed by atoms with Crippen LogP contribution >= 0.6 is 0 Å². The summed E-state index contributed by atoms with van der Waals surface area (Å²) in [6.45, 7) is 2.72. The molecular formula is C9H14F2N2O. The largest absolute Gasteiger partial charge is 0.375 e. The molecular weight excluding hydrogens is 190 g/mol. The highest BCUT2D eigenvalue weighted by atomic mass is 19.3. The van der Waals surface area contributed by atoms with Crippen LogP contribution in [0.2, 0.25) is 0 Å². The Balaban J connectivity index is 2.35. The number of ether oxygens (including phenoxy) is 1. The van der Waals surface area contributed by atoms with E-state index in [9.17, 15) is 8.78 Å². The van der Waals surface area contributed by atoms with Gasteiger partial charge in [-0.2, -0.15) is 5.10 Å². The van der Waals surface area contributed by atoms with E-state index in [-0.39, 0.29) is 6.54 Å². The molecule has 0 radical (unpaired) electrons. The number of aromatic nitrogens is 2. The molecule has 0 fully saturated rings. The molecule has 0 aromatic carbocycles. The maximum atomic E-state index is 11.9. The molecule has 1 aromatic rings. The molecule has 5 heteroatoms. The predicted octanol–water partition coefficient (Wildman–Crippen LogP) is 2.07. The van der Waals surface area contributed by atoms with E-state index >= 15 is 0 Å². The van der Waals surface area contributed by atoms with Crippen LogP contribution in [0.5, 0.6) is 0 Å². The van der Waals surface area contributed by atoms with Crippen LogP contribution in [-0.2, 0) is 17.9 Å². The molecule has 1 rings (SSSR count). The summed E-state index contributed by atoms with van der Waals surface area (Å²) in [5, 5.41) is 3.93. The summed E-state index contributed by atoms with van der Waals surface area (Å²) in [7, 11) is 0. The minimum atomic E-state index is -2.36. The van der Waals surface area contributed by atoms with Gasteiger partial charge in [-0.05, 0) is 12.5 Å². The lowest BCUT2D eigenvalue weighted by molar-refractivity contribution is 0.112. The van der Waals surface area contributed by atoms with Crippen LogP contribution in [0.3, 0.4) is 0 Å². The van der Waals surface area contributed by atoms with Gasteiger partial charge in [-0.25, -0.2) is 8.78 Å². The molecule has 0 aliphatic heterocycles. The van der Waals surface area contributed by atoms with Gasteiger partial charge in [0.2, 0.25) is 0 Å². The second-order valence-electron chi connectivity index (χ2n) is 2.97. The lowest BCUT2D eigenvalue weighted by Crippen LogP contribution is -2.07. The van der Waals surface area contributed by atoms with Crippen LogP contribution < -0.4 is 0 Å². The Morgan fingerprint density at radius 1 is 1.57 bits per heavy atom. The molecule has 0 aliphatic rings. The highest BCUT2D eigenvalue weighted by Crippen LogP contribution is 2.02. The van der Waals surface area contributed by atoms with Crippen molar-refractivity contribution in [2.24, 2.45) is 0 Å². The quantitative estimate of drug-likeness (QED) is 0.663. The maximum absolute atomic E-state index is 11.9. The van der Waals surface area contributed by atoms with Crippen molar-refractivity contribution < 1.29 is 13.5 Å². The molecule has 0 aliphatic carbocycles. The fourth-order valence-corrected chi connectivity index (χ4v) is 1.04. The minimum Gasteiger partial charge on any atom is -0.375 e. The Labute approximate surface area is 81.7 Å². The van der Waals surface area contributed by atoms with Crippen LogP contribution in [0.1, 0.15) is 19.0 Å². The van der Waals surface area contributed by atoms with Gasteiger partial charge in [0.15, 0.2) is 0 Å². The van der Waals surface area contributed by atoms with Gasteiger partial charge >= 0.3 is 0 Å². The Hall–Kier alpha value is -0.970. The zero-order valence-electron chi connectivity index (χ0n) is 8.12. The number of halogens is 2. The first-order valence-corrected chi connectivity index (χ1v) is 4.60. The summed E-state index contributed by atoms with van der Waals surface area (Å²) in [6, 6.07) is 1.69. The number of alkyl halides is 2. The Bertz CT molecular complexity index is 263.